The summed E-state index contributed by atoms with van der Waals surface area (Å²) in [4.78, 5) is 13.2. The van der Waals surface area contributed by atoms with Crippen LogP contribution in [-0.2, 0) is 0 Å². The van der Waals surface area contributed by atoms with E-state index in [0.717, 1.165) is 10.2 Å². The van der Waals surface area contributed by atoms with E-state index >= 15 is 0 Å². The fraction of sp³-hybridized carbons (Fsp3) is 0.188. The van der Waals surface area contributed by atoms with Crippen LogP contribution in [0.25, 0.3) is 0 Å². The molecule has 0 N–H and O–H groups in total. The van der Waals surface area contributed by atoms with Gasteiger partial charge in [0.1, 0.15) is 5.82 Å². The van der Waals surface area contributed by atoms with Crippen LogP contribution in [0.2, 0.25) is 0 Å². The van der Waals surface area contributed by atoms with Crippen molar-refractivity contribution in [3.8, 4) is 0 Å². The minimum Gasteiger partial charge on any atom is -0.338 e. The summed E-state index contributed by atoms with van der Waals surface area (Å²) in [6.45, 7) is 4.10. The van der Waals surface area contributed by atoms with E-state index in [0.29, 0.717) is 17.8 Å². The van der Waals surface area contributed by atoms with E-state index in [-0.39, 0.29) is 11.6 Å². The first kappa shape index (κ1) is 14.7. The summed E-state index contributed by atoms with van der Waals surface area (Å²) >= 11 is 3.46. The SMILES string of the molecule is CCN(c1ccccc1F)c1ccc(C(C)=O)cc1Br. The van der Waals surface area contributed by atoms with Crippen molar-refractivity contribution in [3.63, 3.8) is 0 Å². The Balaban J connectivity index is 2.48. The Morgan fingerprint density at radius 1 is 1.20 bits per heavy atom. The summed E-state index contributed by atoms with van der Waals surface area (Å²) in [5, 5.41) is 0. The average molecular weight is 336 g/mol. The Morgan fingerprint density at radius 3 is 2.45 bits per heavy atom. The smallest absolute Gasteiger partial charge is 0.159 e. The third-order valence-electron chi connectivity index (χ3n) is 3.10. The summed E-state index contributed by atoms with van der Waals surface area (Å²) < 4.78 is 14.7. The average Bonchev–Trinajstić information content (AvgIpc) is 2.43. The van der Waals surface area contributed by atoms with Crippen LogP contribution in [0.5, 0.6) is 0 Å². The first-order chi connectivity index (χ1) is 9.54. The second kappa shape index (κ2) is 6.18. The van der Waals surface area contributed by atoms with Crippen molar-refractivity contribution >= 4 is 33.1 Å². The molecule has 2 aromatic rings. The van der Waals surface area contributed by atoms with Gasteiger partial charge in [-0.15, -0.1) is 0 Å². The first-order valence-electron chi connectivity index (χ1n) is 6.37. The fourth-order valence-electron chi connectivity index (χ4n) is 2.09. The molecular formula is C16H15BrFNO. The molecule has 2 aromatic carbocycles. The standard InChI is InChI=1S/C16H15BrFNO/c1-3-19(16-7-5-4-6-14(16)18)15-9-8-12(11(2)20)10-13(15)17/h4-10H,3H2,1-2H3. The molecule has 0 aliphatic carbocycles. The van der Waals surface area contributed by atoms with Crippen molar-refractivity contribution in [1.29, 1.82) is 0 Å². The lowest BCUT2D eigenvalue weighted by atomic mass is 10.1. The van der Waals surface area contributed by atoms with Crippen LogP contribution in [0, 0.1) is 5.82 Å². The van der Waals surface area contributed by atoms with Crippen molar-refractivity contribution in [2.75, 3.05) is 11.4 Å². The van der Waals surface area contributed by atoms with Crippen LogP contribution >= 0.6 is 15.9 Å². The highest BCUT2D eigenvalue weighted by Gasteiger charge is 2.15. The van der Waals surface area contributed by atoms with Crippen LogP contribution in [0.4, 0.5) is 15.8 Å². The zero-order valence-electron chi connectivity index (χ0n) is 11.4. The van der Waals surface area contributed by atoms with Crippen molar-refractivity contribution in [3.05, 3.63) is 58.3 Å². The molecular weight excluding hydrogens is 321 g/mol. The molecule has 0 spiro atoms. The van der Waals surface area contributed by atoms with Gasteiger partial charge in [-0.25, -0.2) is 4.39 Å². The van der Waals surface area contributed by atoms with Gasteiger partial charge in [0, 0.05) is 16.6 Å². The van der Waals surface area contributed by atoms with Gasteiger partial charge < -0.3 is 4.90 Å². The van der Waals surface area contributed by atoms with Gasteiger partial charge in [-0.05, 0) is 60.1 Å². The summed E-state index contributed by atoms with van der Waals surface area (Å²) in [7, 11) is 0. The Kier molecular flexibility index (Phi) is 4.55. The number of anilines is 2. The molecule has 0 unspecified atom stereocenters. The van der Waals surface area contributed by atoms with Crippen molar-refractivity contribution in [2.45, 2.75) is 13.8 Å². The van der Waals surface area contributed by atoms with Gasteiger partial charge in [0.15, 0.2) is 5.78 Å². The highest BCUT2D eigenvalue weighted by Crippen LogP contribution is 2.34. The predicted octanol–water partition coefficient (Wildman–Crippen LogP) is 4.95. The number of halogens is 2. The summed E-state index contributed by atoms with van der Waals surface area (Å²) in [5.74, 6) is -0.261. The lowest BCUT2D eigenvalue weighted by Gasteiger charge is -2.25. The van der Waals surface area contributed by atoms with E-state index in [1.807, 2.05) is 17.9 Å². The van der Waals surface area contributed by atoms with Gasteiger partial charge in [-0.3, -0.25) is 4.79 Å². The minimum absolute atomic E-state index is 0.00573. The number of ketones is 1. The summed E-state index contributed by atoms with van der Waals surface area (Å²) in [6, 6.07) is 12.0. The van der Waals surface area contributed by atoms with Crippen LogP contribution in [0.15, 0.2) is 46.9 Å². The fourth-order valence-corrected chi connectivity index (χ4v) is 2.68. The number of nitrogens with zero attached hydrogens (tertiary/aromatic N) is 1. The second-order valence-electron chi connectivity index (χ2n) is 4.42. The van der Waals surface area contributed by atoms with Gasteiger partial charge in [0.2, 0.25) is 0 Å². The highest BCUT2D eigenvalue weighted by molar-refractivity contribution is 9.10. The van der Waals surface area contributed by atoms with E-state index in [1.165, 1.54) is 13.0 Å². The largest absolute Gasteiger partial charge is 0.338 e. The number of Topliss-reactive ketones (excluding diaryl/α,β-unsaturated/α-hetero) is 1. The molecule has 0 bridgehead atoms. The number of hydrogen-bond acceptors (Lipinski definition) is 2. The summed E-state index contributed by atoms with van der Waals surface area (Å²) in [6.07, 6.45) is 0. The third kappa shape index (κ3) is 2.90. The number of rotatable bonds is 4. The molecule has 0 aliphatic heterocycles. The lowest BCUT2D eigenvalue weighted by molar-refractivity contribution is 0.101. The molecule has 0 saturated carbocycles. The van der Waals surface area contributed by atoms with Gasteiger partial charge in [0.25, 0.3) is 0 Å². The molecule has 0 aromatic heterocycles. The molecule has 0 aliphatic rings. The monoisotopic (exact) mass is 335 g/mol. The Labute approximate surface area is 126 Å². The molecule has 0 saturated heterocycles. The van der Waals surface area contributed by atoms with E-state index in [1.54, 1.807) is 30.3 Å². The number of benzene rings is 2. The number of hydrogen-bond donors (Lipinski definition) is 0. The quantitative estimate of drug-likeness (QED) is 0.737. The molecule has 2 rings (SSSR count). The van der Waals surface area contributed by atoms with Gasteiger partial charge >= 0.3 is 0 Å². The Morgan fingerprint density at radius 2 is 1.90 bits per heavy atom. The zero-order valence-corrected chi connectivity index (χ0v) is 12.9. The molecule has 104 valence electrons. The number of carbonyl (C=O) groups excluding carboxylic acids is 1. The number of para-hydroxylation sites is 1. The molecule has 0 fully saturated rings. The van der Waals surface area contributed by atoms with Crippen LogP contribution in [0.3, 0.4) is 0 Å². The Bertz CT molecular complexity index is 642. The maximum Gasteiger partial charge on any atom is 0.159 e. The first-order valence-corrected chi connectivity index (χ1v) is 7.16. The van der Waals surface area contributed by atoms with Crippen LogP contribution < -0.4 is 4.90 Å². The molecule has 2 nitrogen and oxygen atoms in total. The lowest BCUT2D eigenvalue weighted by Crippen LogP contribution is -2.18. The summed E-state index contributed by atoms with van der Waals surface area (Å²) in [5.41, 5.74) is 1.99. The van der Waals surface area contributed by atoms with Crippen molar-refractivity contribution < 1.29 is 9.18 Å². The van der Waals surface area contributed by atoms with Gasteiger partial charge in [-0.2, -0.15) is 0 Å². The molecule has 4 heteroatoms. The predicted molar refractivity (Wildman–Crippen MR) is 83.2 cm³/mol. The number of carbonyl (C=O) groups is 1. The van der Waals surface area contributed by atoms with Crippen molar-refractivity contribution in [1.82, 2.24) is 0 Å². The minimum atomic E-state index is -0.267. The van der Waals surface area contributed by atoms with E-state index < -0.39 is 0 Å². The van der Waals surface area contributed by atoms with E-state index in [2.05, 4.69) is 15.9 Å². The van der Waals surface area contributed by atoms with E-state index in [4.69, 9.17) is 0 Å². The second-order valence-corrected chi connectivity index (χ2v) is 5.27. The molecule has 0 heterocycles. The topological polar surface area (TPSA) is 20.3 Å². The zero-order chi connectivity index (χ0) is 14.7. The normalized spacial score (nSPS) is 10.4. The molecule has 0 radical (unpaired) electrons. The molecule has 0 atom stereocenters. The Hall–Kier alpha value is -1.68. The van der Waals surface area contributed by atoms with Gasteiger partial charge in [-0.1, -0.05) is 12.1 Å². The maximum absolute atomic E-state index is 13.9. The van der Waals surface area contributed by atoms with Crippen molar-refractivity contribution in [2.24, 2.45) is 0 Å². The van der Waals surface area contributed by atoms with E-state index in [9.17, 15) is 9.18 Å². The third-order valence-corrected chi connectivity index (χ3v) is 3.74. The van der Waals surface area contributed by atoms with Crippen LogP contribution in [0.1, 0.15) is 24.2 Å². The maximum atomic E-state index is 13.9. The van der Waals surface area contributed by atoms with Gasteiger partial charge in [0.05, 0.1) is 11.4 Å². The molecule has 0 amide bonds. The molecule has 20 heavy (non-hydrogen) atoms. The highest BCUT2D eigenvalue weighted by atomic mass is 79.9. The van der Waals surface area contributed by atoms with Crippen LogP contribution in [-0.4, -0.2) is 12.3 Å².